The number of allylic oxidation sites excluding steroid dienone is 1. The average molecular weight is 528 g/mol. The monoisotopic (exact) mass is 527 g/mol. The van der Waals surface area contributed by atoms with E-state index in [9.17, 15) is 22.4 Å². The van der Waals surface area contributed by atoms with Crippen LogP contribution in [-0.4, -0.2) is 52.4 Å². The normalized spacial score (nSPS) is 17.9. The van der Waals surface area contributed by atoms with Crippen LogP contribution >= 0.6 is 11.9 Å². The zero-order valence-corrected chi connectivity index (χ0v) is 19.8. The van der Waals surface area contributed by atoms with Crippen molar-refractivity contribution in [3.63, 3.8) is 0 Å². The number of halogens is 5. The maximum Gasteiger partial charge on any atom is 0.395 e. The van der Waals surface area contributed by atoms with Crippen LogP contribution in [0.5, 0.6) is 0 Å². The number of nitrogens with zero attached hydrogens (tertiary/aromatic N) is 2. The SMILES string of the molecule is COCCNc1ncnc2[nH]cc(C(=O)c3c(F)ccc(NSC4C=CC(C(F)(F)F)CC4)c3F)c12. The van der Waals surface area contributed by atoms with Crippen LogP contribution in [-0.2, 0) is 4.74 Å². The second-order valence-corrected chi connectivity index (χ2v) is 9.09. The predicted octanol–water partition coefficient (Wildman–Crippen LogP) is 5.48. The summed E-state index contributed by atoms with van der Waals surface area (Å²) in [5.41, 5.74) is -0.656. The Kier molecular flexibility index (Phi) is 7.79. The molecule has 0 saturated heterocycles. The zero-order chi connectivity index (χ0) is 25.9. The maximum absolute atomic E-state index is 15.3. The molecular weight excluding hydrogens is 505 g/mol. The number of ether oxygens (including phenoxy) is 1. The summed E-state index contributed by atoms with van der Waals surface area (Å²) in [6.07, 6.45) is 0.930. The minimum absolute atomic E-state index is 0.0264. The van der Waals surface area contributed by atoms with Crippen molar-refractivity contribution < 1.29 is 31.5 Å². The number of aromatic nitrogens is 3. The predicted molar refractivity (Wildman–Crippen MR) is 127 cm³/mol. The first-order valence-electron chi connectivity index (χ1n) is 10.9. The Hall–Kier alpha value is -3.19. The van der Waals surface area contributed by atoms with Gasteiger partial charge < -0.3 is 19.8 Å². The molecule has 3 aromatic rings. The van der Waals surface area contributed by atoms with Gasteiger partial charge in [-0.3, -0.25) is 4.79 Å². The first-order chi connectivity index (χ1) is 17.2. The van der Waals surface area contributed by atoms with Crippen LogP contribution < -0.4 is 10.0 Å². The molecule has 7 nitrogen and oxygen atoms in total. The third-order valence-corrected chi connectivity index (χ3v) is 6.73. The number of H-pyrrole nitrogens is 1. The van der Waals surface area contributed by atoms with Crippen molar-refractivity contribution in [2.75, 3.05) is 30.3 Å². The second-order valence-electron chi connectivity index (χ2n) is 8.05. The van der Waals surface area contributed by atoms with Crippen molar-refractivity contribution in [1.82, 2.24) is 15.0 Å². The molecule has 0 bridgehead atoms. The fourth-order valence-electron chi connectivity index (χ4n) is 3.83. The number of aromatic amines is 1. The molecule has 2 atom stereocenters. The van der Waals surface area contributed by atoms with Crippen molar-refractivity contribution in [1.29, 1.82) is 0 Å². The van der Waals surface area contributed by atoms with Gasteiger partial charge in [0.1, 0.15) is 23.6 Å². The lowest BCUT2D eigenvalue weighted by Crippen LogP contribution is -2.25. The molecule has 2 unspecified atom stereocenters. The van der Waals surface area contributed by atoms with E-state index in [0.717, 1.165) is 30.2 Å². The lowest BCUT2D eigenvalue weighted by molar-refractivity contribution is -0.163. The highest BCUT2D eigenvalue weighted by Crippen LogP contribution is 2.37. The van der Waals surface area contributed by atoms with Gasteiger partial charge in [-0.1, -0.05) is 12.2 Å². The summed E-state index contributed by atoms with van der Waals surface area (Å²) in [5.74, 6) is -4.29. The second kappa shape index (κ2) is 10.8. The third-order valence-electron chi connectivity index (χ3n) is 5.69. The van der Waals surface area contributed by atoms with E-state index in [1.54, 1.807) is 0 Å². The lowest BCUT2D eigenvalue weighted by atomic mass is 9.95. The van der Waals surface area contributed by atoms with Gasteiger partial charge in [-0.25, -0.2) is 18.7 Å². The van der Waals surface area contributed by atoms with E-state index in [2.05, 4.69) is 25.0 Å². The molecule has 0 fully saturated rings. The highest BCUT2D eigenvalue weighted by Gasteiger charge is 2.39. The fraction of sp³-hybridized carbons (Fsp3) is 0.348. The van der Waals surface area contributed by atoms with E-state index in [4.69, 9.17) is 4.74 Å². The Morgan fingerprint density at radius 2 is 2.03 bits per heavy atom. The number of carbonyl (C=O) groups excluding carboxylic acids is 1. The minimum atomic E-state index is -4.30. The van der Waals surface area contributed by atoms with Gasteiger partial charge in [-0.15, -0.1) is 0 Å². The Morgan fingerprint density at radius 3 is 2.72 bits per heavy atom. The highest BCUT2D eigenvalue weighted by atomic mass is 32.2. The highest BCUT2D eigenvalue weighted by molar-refractivity contribution is 8.01. The number of alkyl halides is 3. The zero-order valence-electron chi connectivity index (χ0n) is 19.0. The number of hydrogen-bond acceptors (Lipinski definition) is 7. The molecule has 4 rings (SSSR count). The molecule has 192 valence electrons. The van der Waals surface area contributed by atoms with Crippen LogP contribution in [0.3, 0.4) is 0 Å². The number of ketones is 1. The summed E-state index contributed by atoms with van der Waals surface area (Å²) in [4.78, 5) is 24.3. The van der Waals surface area contributed by atoms with Crippen molar-refractivity contribution in [2.24, 2.45) is 5.92 Å². The molecule has 2 aromatic heterocycles. The summed E-state index contributed by atoms with van der Waals surface area (Å²) in [7, 11) is 1.52. The maximum atomic E-state index is 15.3. The van der Waals surface area contributed by atoms with Crippen molar-refractivity contribution >= 4 is 40.3 Å². The molecule has 0 radical (unpaired) electrons. The van der Waals surface area contributed by atoms with Gasteiger partial charge in [0, 0.05) is 25.1 Å². The molecule has 0 spiro atoms. The largest absolute Gasteiger partial charge is 0.395 e. The van der Waals surface area contributed by atoms with E-state index in [-0.39, 0.29) is 34.7 Å². The molecule has 13 heteroatoms. The number of rotatable bonds is 9. The van der Waals surface area contributed by atoms with Crippen LogP contribution in [0.4, 0.5) is 33.5 Å². The van der Waals surface area contributed by atoms with Crippen LogP contribution in [0.2, 0.25) is 0 Å². The van der Waals surface area contributed by atoms with E-state index in [1.807, 2.05) is 0 Å². The average Bonchev–Trinajstić information content (AvgIpc) is 3.28. The number of nitrogens with one attached hydrogen (secondary N) is 3. The summed E-state index contributed by atoms with van der Waals surface area (Å²) in [6, 6.07) is 2.09. The third kappa shape index (κ3) is 5.46. The molecule has 1 aliphatic rings. The molecule has 1 aliphatic carbocycles. The molecule has 0 saturated carbocycles. The van der Waals surface area contributed by atoms with Crippen LogP contribution in [0.15, 0.2) is 36.8 Å². The summed E-state index contributed by atoms with van der Waals surface area (Å²) < 4.78 is 76.2. The van der Waals surface area contributed by atoms with Crippen LogP contribution in [0, 0.1) is 17.6 Å². The van der Waals surface area contributed by atoms with Crippen LogP contribution in [0.25, 0.3) is 11.0 Å². The number of carbonyl (C=O) groups is 1. The van der Waals surface area contributed by atoms with Crippen molar-refractivity contribution in [3.8, 4) is 0 Å². The van der Waals surface area contributed by atoms with E-state index >= 15 is 4.39 Å². The van der Waals surface area contributed by atoms with E-state index in [1.165, 1.54) is 25.7 Å². The molecular formula is C23H22F5N5O2S. The van der Waals surface area contributed by atoms with E-state index in [0.29, 0.717) is 24.6 Å². The first-order valence-corrected chi connectivity index (χ1v) is 11.8. The summed E-state index contributed by atoms with van der Waals surface area (Å²) in [5, 5.41) is 2.93. The molecule has 0 amide bonds. The molecule has 3 N–H and O–H groups in total. The number of methoxy groups -OCH3 is 1. The first kappa shape index (κ1) is 25.9. The van der Waals surface area contributed by atoms with Gasteiger partial charge >= 0.3 is 6.18 Å². The van der Waals surface area contributed by atoms with Gasteiger partial charge in [0.2, 0.25) is 5.78 Å². The lowest BCUT2D eigenvalue weighted by Gasteiger charge is -2.24. The van der Waals surface area contributed by atoms with E-state index < -0.39 is 35.1 Å². The number of benzene rings is 1. The van der Waals surface area contributed by atoms with Crippen molar-refractivity contribution in [3.05, 3.63) is 59.6 Å². The summed E-state index contributed by atoms with van der Waals surface area (Å²) in [6.45, 7) is 0.737. The number of anilines is 2. The van der Waals surface area contributed by atoms with Gasteiger partial charge in [-0.2, -0.15) is 13.2 Å². The molecule has 0 aliphatic heterocycles. The standard InChI is InChI=1S/C23H22F5N5O2S/c1-35-9-8-29-21-17-14(10-30-22(17)32-11-31-21)20(34)18-15(24)6-7-16(19(18)25)33-36-13-4-2-12(3-5-13)23(26,27)28/h2,4,6-7,10-13,33H,3,5,8-9H2,1H3,(H2,29,30,31,32). The van der Waals surface area contributed by atoms with Crippen LogP contribution in [0.1, 0.15) is 28.8 Å². The molecule has 36 heavy (non-hydrogen) atoms. The topological polar surface area (TPSA) is 91.9 Å². The Bertz CT molecular complexity index is 1280. The Labute approximate surface area is 207 Å². The number of hydrogen-bond donors (Lipinski definition) is 3. The Morgan fingerprint density at radius 1 is 1.22 bits per heavy atom. The summed E-state index contributed by atoms with van der Waals surface area (Å²) >= 11 is 0.991. The van der Waals surface area contributed by atoms with Gasteiger partial charge in [-0.05, 0) is 36.9 Å². The quantitative estimate of drug-likeness (QED) is 0.112. The molecule has 2 heterocycles. The number of fused-ring (bicyclic) bond motifs is 1. The Balaban J connectivity index is 1.57. The smallest absolute Gasteiger partial charge is 0.383 e. The minimum Gasteiger partial charge on any atom is -0.383 e. The van der Waals surface area contributed by atoms with Gasteiger partial charge in [0.15, 0.2) is 5.82 Å². The fourth-order valence-corrected chi connectivity index (χ4v) is 4.69. The van der Waals surface area contributed by atoms with Crippen molar-refractivity contribution in [2.45, 2.75) is 24.3 Å². The molecule has 1 aromatic carbocycles. The van der Waals surface area contributed by atoms with Gasteiger partial charge in [0.05, 0.1) is 34.7 Å². The van der Waals surface area contributed by atoms with Gasteiger partial charge in [0.25, 0.3) is 0 Å².